The molecule has 3 aromatic heterocycles. The van der Waals surface area contributed by atoms with Gasteiger partial charge in [-0.15, -0.1) is 0 Å². The Kier molecular flexibility index (Phi) is 9.24. The Morgan fingerprint density at radius 3 is 1.92 bits per heavy atom. The molecule has 0 aliphatic carbocycles. The average molecular weight is 835 g/mol. The van der Waals surface area contributed by atoms with Gasteiger partial charge in [0.15, 0.2) is 0 Å². The Labute approximate surface area is 376 Å². The van der Waals surface area contributed by atoms with Crippen LogP contribution in [0.15, 0.2) is 242 Å². The Morgan fingerprint density at radius 2 is 1.14 bits per heavy atom. The van der Waals surface area contributed by atoms with Crippen LogP contribution < -0.4 is 10.2 Å². The molecule has 0 spiro atoms. The van der Waals surface area contributed by atoms with Crippen molar-refractivity contribution in [1.82, 2.24) is 9.55 Å². The highest BCUT2D eigenvalue weighted by Gasteiger charge is 2.21. The molecule has 0 fully saturated rings. The molecule has 5 heteroatoms. The minimum Gasteiger partial charge on any atom is -0.455 e. The number of allylic oxidation sites excluding steroid dienone is 4. The van der Waals surface area contributed by atoms with E-state index in [0.29, 0.717) is 0 Å². The quantitative estimate of drug-likeness (QED) is 0.182. The SMILES string of the molecule is C=C1/C=C\C=C/N(c2ccccc2)c2ccc3c(oc4ccccc43)c21.c1ccc(-c2ccccc2Nc2ccc3[nH]c4ccc(-n5c6ccccc6c6ccccc65)cc4c3c2)cc1. The number of para-hydroxylation sites is 5. The Hall–Kier alpha value is -8.80. The molecule has 4 heterocycles. The van der Waals surface area contributed by atoms with Gasteiger partial charge in [-0.1, -0.05) is 140 Å². The lowest BCUT2D eigenvalue weighted by molar-refractivity contribution is 0.668. The van der Waals surface area contributed by atoms with Gasteiger partial charge in [0.25, 0.3) is 0 Å². The van der Waals surface area contributed by atoms with E-state index >= 15 is 0 Å². The number of hydrogen-bond acceptors (Lipinski definition) is 3. The average Bonchev–Trinajstić information content (AvgIpc) is 4.03. The topological polar surface area (TPSA) is 49.1 Å². The van der Waals surface area contributed by atoms with Gasteiger partial charge in [-0.05, 0) is 102 Å². The van der Waals surface area contributed by atoms with Gasteiger partial charge < -0.3 is 24.2 Å². The maximum atomic E-state index is 6.26. The van der Waals surface area contributed by atoms with Crippen molar-refractivity contribution in [1.29, 1.82) is 0 Å². The molecular weight excluding hydrogens is 793 g/mol. The van der Waals surface area contributed by atoms with Crippen LogP contribution in [0, 0.1) is 0 Å². The first kappa shape index (κ1) is 37.9. The molecule has 13 rings (SSSR count). The molecule has 0 amide bonds. The molecule has 0 atom stereocenters. The number of anilines is 4. The monoisotopic (exact) mass is 834 g/mol. The standard InChI is InChI=1S/C36H25N3.C24H17NO/c1-2-10-24(11-3-1)27-12-4-7-15-32(27)37-25-18-20-33-30(22-25)31-23-26(19-21-34(31)38-33)39-35-16-8-5-13-28(35)29-14-6-9-17-36(29)39;1-17-9-7-8-16-25(18-10-3-2-4-11-18)21-15-14-20-19-12-5-6-13-22(19)26-24(20)23(17)21/h1-23,37-38H;2-16H,1H2/b;9-7-,16-8-. The van der Waals surface area contributed by atoms with E-state index in [2.05, 4.69) is 202 Å². The van der Waals surface area contributed by atoms with Crippen LogP contribution in [0.2, 0.25) is 0 Å². The Morgan fingerprint density at radius 1 is 0.492 bits per heavy atom. The van der Waals surface area contributed by atoms with Gasteiger partial charge in [0, 0.05) is 83.4 Å². The summed E-state index contributed by atoms with van der Waals surface area (Å²) < 4.78 is 8.63. The largest absolute Gasteiger partial charge is 0.455 e. The fourth-order valence-electron chi connectivity index (χ4n) is 9.49. The second-order valence-corrected chi connectivity index (χ2v) is 16.4. The van der Waals surface area contributed by atoms with Gasteiger partial charge in [0.1, 0.15) is 11.2 Å². The predicted octanol–water partition coefficient (Wildman–Crippen LogP) is 16.6. The minimum atomic E-state index is 0.884. The highest BCUT2D eigenvalue weighted by molar-refractivity contribution is 6.13. The molecule has 0 radical (unpaired) electrons. The van der Waals surface area contributed by atoms with Crippen molar-refractivity contribution in [2.75, 3.05) is 10.2 Å². The molecule has 308 valence electrons. The van der Waals surface area contributed by atoms with E-state index in [9.17, 15) is 0 Å². The maximum absolute atomic E-state index is 6.26. The third-order valence-corrected chi connectivity index (χ3v) is 12.5. The molecular formula is C60H42N4O. The normalized spacial score (nSPS) is 13.5. The zero-order valence-electron chi connectivity index (χ0n) is 35.4. The zero-order chi connectivity index (χ0) is 43.3. The number of rotatable bonds is 5. The molecule has 2 N–H and O–H groups in total. The number of fused-ring (bicyclic) bond motifs is 11. The number of nitrogens with one attached hydrogen (secondary N) is 2. The molecule has 5 nitrogen and oxygen atoms in total. The fraction of sp³-hybridized carbons (Fsp3) is 0. The van der Waals surface area contributed by atoms with E-state index in [1.54, 1.807) is 0 Å². The van der Waals surface area contributed by atoms with Crippen molar-refractivity contribution in [3.05, 3.63) is 243 Å². The van der Waals surface area contributed by atoms with Crippen LogP contribution in [0.25, 0.3) is 87.9 Å². The first-order valence-electron chi connectivity index (χ1n) is 21.9. The van der Waals surface area contributed by atoms with E-state index in [-0.39, 0.29) is 0 Å². The van der Waals surface area contributed by atoms with Gasteiger partial charge in [0.2, 0.25) is 0 Å². The van der Waals surface area contributed by atoms with Gasteiger partial charge in [0.05, 0.1) is 16.7 Å². The summed E-state index contributed by atoms with van der Waals surface area (Å²) in [4.78, 5) is 5.79. The maximum Gasteiger partial charge on any atom is 0.145 e. The number of aromatic nitrogens is 2. The van der Waals surface area contributed by atoms with E-state index in [1.807, 2.05) is 54.6 Å². The second kappa shape index (κ2) is 15.8. The summed E-state index contributed by atoms with van der Waals surface area (Å²) in [7, 11) is 0. The Balaban J connectivity index is 0.000000148. The minimum absolute atomic E-state index is 0.884. The first-order chi connectivity index (χ1) is 32.2. The molecule has 0 saturated heterocycles. The van der Waals surface area contributed by atoms with Crippen LogP contribution in [-0.4, -0.2) is 9.55 Å². The van der Waals surface area contributed by atoms with Crippen LogP contribution in [0.4, 0.5) is 22.7 Å². The number of aromatic amines is 1. The third-order valence-electron chi connectivity index (χ3n) is 12.5. The lowest BCUT2D eigenvalue weighted by Gasteiger charge is -2.25. The Bertz CT molecular complexity index is 3780. The predicted molar refractivity (Wildman–Crippen MR) is 275 cm³/mol. The number of benzene rings is 9. The summed E-state index contributed by atoms with van der Waals surface area (Å²) in [5.41, 5.74) is 16.3. The van der Waals surface area contributed by atoms with Crippen molar-refractivity contribution in [2.24, 2.45) is 0 Å². The summed E-state index contributed by atoms with van der Waals surface area (Å²) in [6.45, 7) is 4.30. The van der Waals surface area contributed by atoms with E-state index in [4.69, 9.17) is 4.42 Å². The van der Waals surface area contributed by atoms with Gasteiger partial charge >= 0.3 is 0 Å². The molecule has 0 saturated carbocycles. The summed E-state index contributed by atoms with van der Waals surface area (Å²) >= 11 is 0. The van der Waals surface area contributed by atoms with Gasteiger partial charge in [-0.25, -0.2) is 0 Å². The summed E-state index contributed by atoms with van der Waals surface area (Å²) in [6.07, 6.45) is 8.16. The molecule has 1 aliphatic rings. The third kappa shape index (κ3) is 6.66. The number of furan rings is 1. The fourth-order valence-corrected chi connectivity index (χ4v) is 9.49. The molecule has 1 aliphatic heterocycles. The molecule has 0 bridgehead atoms. The van der Waals surface area contributed by atoms with E-state index < -0.39 is 0 Å². The molecule has 12 aromatic rings. The smallest absolute Gasteiger partial charge is 0.145 e. The van der Waals surface area contributed by atoms with Crippen LogP contribution in [0.1, 0.15) is 5.56 Å². The lowest BCUT2D eigenvalue weighted by Crippen LogP contribution is -2.11. The van der Waals surface area contributed by atoms with Crippen molar-refractivity contribution >= 4 is 93.9 Å². The highest BCUT2D eigenvalue weighted by atomic mass is 16.3. The number of H-pyrrole nitrogens is 1. The number of hydrogen-bond donors (Lipinski definition) is 2. The van der Waals surface area contributed by atoms with Crippen molar-refractivity contribution in [2.45, 2.75) is 0 Å². The number of nitrogens with zero attached hydrogens (tertiary/aromatic N) is 2. The first-order valence-corrected chi connectivity index (χ1v) is 21.9. The molecule has 65 heavy (non-hydrogen) atoms. The summed E-state index contributed by atoms with van der Waals surface area (Å²) in [5, 5.41) is 10.9. The van der Waals surface area contributed by atoms with Crippen molar-refractivity contribution < 1.29 is 4.42 Å². The second-order valence-electron chi connectivity index (χ2n) is 16.4. The van der Waals surface area contributed by atoms with Crippen LogP contribution in [-0.2, 0) is 0 Å². The van der Waals surface area contributed by atoms with Crippen molar-refractivity contribution in [3.63, 3.8) is 0 Å². The molecule has 9 aromatic carbocycles. The summed E-state index contributed by atoms with van der Waals surface area (Å²) in [5.74, 6) is 0. The zero-order valence-corrected chi connectivity index (χ0v) is 35.4. The van der Waals surface area contributed by atoms with Crippen LogP contribution in [0.5, 0.6) is 0 Å². The highest BCUT2D eigenvalue weighted by Crippen LogP contribution is 2.42. The summed E-state index contributed by atoms with van der Waals surface area (Å²) in [6, 6.07) is 72.4. The van der Waals surface area contributed by atoms with E-state index in [1.165, 1.54) is 43.7 Å². The van der Waals surface area contributed by atoms with Crippen LogP contribution >= 0.6 is 0 Å². The van der Waals surface area contributed by atoms with Gasteiger partial charge in [-0.2, -0.15) is 0 Å². The van der Waals surface area contributed by atoms with E-state index in [0.717, 1.165) is 72.5 Å². The van der Waals surface area contributed by atoms with Crippen LogP contribution in [0.3, 0.4) is 0 Å². The van der Waals surface area contributed by atoms with Gasteiger partial charge in [-0.3, -0.25) is 0 Å². The molecule has 0 unspecified atom stereocenters. The van der Waals surface area contributed by atoms with Crippen molar-refractivity contribution in [3.8, 4) is 16.8 Å². The lowest BCUT2D eigenvalue weighted by atomic mass is 9.99.